The molecule has 3 heteroatoms. The molecule has 1 N–H and O–H groups in total. The van der Waals surface area contributed by atoms with E-state index in [1.165, 1.54) is 18.9 Å². The monoisotopic (exact) mass is 265 g/mol. The molecule has 1 aromatic carbocycles. The van der Waals surface area contributed by atoms with Gasteiger partial charge in [-0.15, -0.1) is 0 Å². The first-order valence-electron chi connectivity index (χ1n) is 7.35. The Balaban J connectivity index is 2.15. The third kappa shape index (κ3) is 3.27. The molecule has 1 aliphatic heterocycles. The fourth-order valence-corrected chi connectivity index (χ4v) is 3.06. The van der Waals surface area contributed by atoms with Gasteiger partial charge in [0.15, 0.2) is 0 Å². The van der Waals surface area contributed by atoms with Gasteiger partial charge in [-0.25, -0.2) is 4.39 Å². The van der Waals surface area contributed by atoms with Crippen molar-refractivity contribution < 1.29 is 9.50 Å². The van der Waals surface area contributed by atoms with Gasteiger partial charge in [0.1, 0.15) is 5.82 Å². The summed E-state index contributed by atoms with van der Waals surface area (Å²) in [7, 11) is 0. The first kappa shape index (κ1) is 14.3. The normalized spacial score (nSPS) is 18.6. The Hall–Kier alpha value is -1.09. The molecule has 1 aliphatic rings. The van der Waals surface area contributed by atoms with Gasteiger partial charge in [0.25, 0.3) is 0 Å². The Morgan fingerprint density at radius 2 is 2.05 bits per heavy atom. The van der Waals surface area contributed by atoms with Crippen molar-refractivity contribution >= 4 is 5.69 Å². The van der Waals surface area contributed by atoms with Crippen LogP contribution < -0.4 is 4.90 Å². The topological polar surface area (TPSA) is 23.5 Å². The second kappa shape index (κ2) is 6.38. The van der Waals surface area contributed by atoms with Gasteiger partial charge < -0.3 is 10.0 Å². The lowest BCUT2D eigenvalue weighted by atomic mass is 9.91. The summed E-state index contributed by atoms with van der Waals surface area (Å²) in [5.41, 5.74) is 1.31. The molecule has 106 valence electrons. The highest BCUT2D eigenvalue weighted by molar-refractivity contribution is 5.56. The van der Waals surface area contributed by atoms with Gasteiger partial charge in [-0.1, -0.05) is 31.9 Å². The van der Waals surface area contributed by atoms with E-state index in [9.17, 15) is 9.50 Å². The van der Waals surface area contributed by atoms with Crippen LogP contribution in [0, 0.1) is 11.7 Å². The number of hydrogen-bond donors (Lipinski definition) is 1. The van der Waals surface area contributed by atoms with E-state index in [1.54, 1.807) is 13.0 Å². The minimum Gasteiger partial charge on any atom is -0.389 e. The number of nitrogens with zero attached hydrogens (tertiary/aromatic N) is 1. The van der Waals surface area contributed by atoms with E-state index >= 15 is 0 Å². The average Bonchev–Trinajstić information content (AvgIpc) is 2.40. The molecule has 0 aromatic heterocycles. The van der Waals surface area contributed by atoms with Crippen molar-refractivity contribution in [3.63, 3.8) is 0 Å². The number of benzene rings is 1. The summed E-state index contributed by atoms with van der Waals surface area (Å²) in [5.74, 6) is 0.565. The second-order valence-corrected chi connectivity index (χ2v) is 5.57. The fraction of sp³-hybridized carbons (Fsp3) is 0.625. The van der Waals surface area contributed by atoms with Crippen molar-refractivity contribution in [2.24, 2.45) is 5.92 Å². The molecule has 2 nitrogen and oxygen atoms in total. The fourth-order valence-electron chi connectivity index (χ4n) is 3.06. The summed E-state index contributed by atoms with van der Waals surface area (Å²) in [6.45, 7) is 5.70. The number of halogens is 1. The van der Waals surface area contributed by atoms with Crippen molar-refractivity contribution in [3.8, 4) is 0 Å². The predicted octanol–water partition coefficient (Wildman–Crippen LogP) is 3.90. The van der Waals surface area contributed by atoms with Crippen LogP contribution in [0.2, 0.25) is 0 Å². The van der Waals surface area contributed by atoms with Crippen LogP contribution in [0.5, 0.6) is 0 Å². The molecule has 0 amide bonds. The van der Waals surface area contributed by atoms with Gasteiger partial charge in [-0.3, -0.25) is 0 Å². The van der Waals surface area contributed by atoms with E-state index in [1.807, 2.05) is 6.07 Å². The summed E-state index contributed by atoms with van der Waals surface area (Å²) in [4.78, 5) is 2.10. The molecule has 0 bridgehead atoms. The van der Waals surface area contributed by atoms with Gasteiger partial charge in [0.05, 0.1) is 11.8 Å². The van der Waals surface area contributed by atoms with Crippen LogP contribution in [0.25, 0.3) is 0 Å². The van der Waals surface area contributed by atoms with E-state index in [2.05, 4.69) is 11.8 Å². The molecule has 19 heavy (non-hydrogen) atoms. The van der Waals surface area contributed by atoms with Crippen LogP contribution in [0.15, 0.2) is 18.2 Å². The molecule has 0 radical (unpaired) electrons. The van der Waals surface area contributed by atoms with Crippen molar-refractivity contribution in [1.29, 1.82) is 0 Å². The number of anilines is 1. The van der Waals surface area contributed by atoms with Gasteiger partial charge in [0, 0.05) is 18.7 Å². The quantitative estimate of drug-likeness (QED) is 0.892. The zero-order valence-electron chi connectivity index (χ0n) is 11.9. The summed E-state index contributed by atoms with van der Waals surface area (Å²) < 4.78 is 14.1. The molecule has 0 spiro atoms. The van der Waals surface area contributed by atoms with Gasteiger partial charge in [-0.05, 0) is 31.7 Å². The highest BCUT2D eigenvalue weighted by Gasteiger charge is 2.23. The minimum absolute atomic E-state index is 0.215. The maximum Gasteiger partial charge on any atom is 0.146 e. The van der Waals surface area contributed by atoms with Crippen molar-refractivity contribution in [2.75, 3.05) is 18.0 Å². The molecule has 1 fully saturated rings. The highest BCUT2D eigenvalue weighted by Crippen LogP contribution is 2.33. The molecular formula is C16H24FNO. The Kier molecular flexibility index (Phi) is 4.81. The third-order valence-corrected chi connectivity index (χ3v) is 4.10. The molecule has 2 rings (SSSR count). The van der Waals surface area contributed by atoms with E-state index < -0.39 is 6.10 Å². The Bertz CT molecular complexity index is 411. The molecule has 0 aliphatic carbocycles. The van der Waals surface area contributed by atoms with Crippen LogP contribution >= 0.6 is 0 Å². The first-order chi connectivity index (χ1) is 9.13. The largest absolute Gasteiger partial charge is 0.389 e. The van der Waals surface area contributed by atoms with E-state index in [-0.39, 0.29) is 5.82 Å². The molecule has 1 heterocycles. The summed E-state index contributed by atoms with van der Waals surface area (Å²) in [6.07, 6.45) is 4.12. The minimum atomic E-state index is -0.626. The number of hydrogen-bond acceptors (Lipinski definition) is 2. The molecule has 1 atom stereocenters. The Morgan fingerprint density at radius 1 is 1.37 bits per heavy atom. The highest BCUT2D eigenvalue weighted by atomic mass is 19.1. The van der Waals surface area contributed by atoms with Gasteiger partial charge >= 0.3 is 0 Å². The van der Waals surface area contributed by atoms with Crippen molar-refractivity contribution in [2.45, 2.75) is 45.6 Å². The standard InChI is InChI=1S/C16H24FNO/c1-3-5-13-8-10-18(11-9-13)16-14(12(2)19)6-4-7-15(16)17/h4,6-7,12-13,19H,3,5,8-11H2,1-2H3/t12-/m0/s1. The maximum atomic E-state index is 14.1. The van der Waals surface area contributed by atoms with Crippen LogP contribution in [0.3, 0.4) is 0 Å². The van der Waals surface area contributed by atoms with Gasteiger partial charge in [0.2, 0.25) is 0 Å². The van der Waals surface area contributed by atoms with Crippen LogP contribution in [-0.4, -0.2) is 18.2 Å². The Morgan fingerprint density at radius 3 is 2.63 bits per heavy atom. The summed E-state index contributed by atoms with van der Waals surface area (Å²) >= 11 is 0. The second-order valence-electron chi connectivity index (χ2n) is 5.57. The van der Waals surface area contributed by atoms with Crippen LogP contribution in [0.1, 0.15) is 51.2 Å². The Labute approximate surface area is 115 Å². The number of aliphatic hydroxyl groups excluding tert-OH is 1. The maximum absolute atomic E-state index is 14.1. The molecule has 1 saturated heterocycles. The third-order valence-electron chi connectivity index (χ3n) is 4.10. The lowest BCUT2D eigenvalue weighted by Gasteiger charge is -2.35. The van der Waals surface area contributed by atoms with E-state index in [0.29, 0.717) is 11.3 Å². The number of rotatable bonds is 4. The number of para-hydroxylation sites is 1. The lowest BCUT2D eigenvalue weighted by molar-refractivity contribution is 0.199. The van der Waals surface area contributed by atoms with Crippen molar-refractivity contribution in [3.05, 3.63) is 29.6 Å². The molecule has 0 unspecified atom stereocenters. The smallest absolute Gasteiger partial charge is 0.146 e. The van der Waals surface area contributed by atoms with E-state index in [0.717, 1.165) is 31.8 Å². The zero-order chi connectivity index (χ0) is 13.8. The first-order valence-corrected chi connectivity index (χ1v) is 7.35. The summed E-state index contributed by atoms with van der Waals surface area (Å²) in [6, 6.07) is 4.98. The van der Waals surface area contributed by atoms with Crippen molar-refractivity contribution in [1.82, 2.24) is 0 Å². The SMILES string of the molecule is CCCC1CCN(c2c(F)cccc2[C@H](C)O)CC1. The molecular weight excluding hydrogens is 241 g/mol. The lowest BCUT2D eigenvalue weighted by Crippen LogP contribution is -2.35. The van der Waals surface area contributed by atoms with Crippen LogP contribution in [-0.2, 0) is 0 Å². The predicted molar refractivity (Wildman–Crippen MR) is 76.9 cm³/mol. The van der Waals surface area contributed by atoms with E-state index in [4.69, 9.17) is 0 Å². The summed E-state index contributed by atoms with van der Waals surface area (Å²) in [5, 5.41) is 9.80. The number of piperidine rings is 1. The molecule has 1 aromatic rings. The average molecular weight is 265 g/mol. The molecule has 0 saturated carbocycles. The zero-order valence-corrected chi connectivity index (χ0v) is 11.9. The number of aliphatic hydroxyl groups is 1. The van der Waals surface area contributed by atoms with Gasteiger partial charge in [-0.2, -0.15) is 0 Å². The van der Waals surface area contributed by atoms with Crippen LogP contribution in [0.4, 0.5) is 10.1 Å².